The van der Waals surface area contributed by atoms with E-state index in [2.05, 4.69) is 11.4 Å². The summed E-state index contributed by atoms with van der Waals surface area (Å²) in [6.45, 7) is 2.44. The summed E-state index contributed by atoms with van der Waals surface area (Å²) >= 11 is 0. The molecule has 18 heavy (non-hydrogen) atoms. The van der Waals surface area contributed by atoms with Crippen molar-refractivity contribution in [3.63, 3.8) is 0 Å². The van der Waals surface area contributed by atoms with Gasteiger partial charge in [0.2, 0.25) is 0 Å². The quantitative estimate of drug-likeness (QED) is 0.863. The van der Waals surface area contributed by atoms with Gasteiger partial charge in [-0.2, -0.15) is 5.26 Å². The Balaban J connectivity index is 2.22. The number of phenols is 1. The third-order valence-corrected chi connectivity index (χ3v) is 2.84. The molecule has 3 nitrogen and oxygen atoms in total. The molecule has 3 heteroatoms. The van der Waals surface area contributed by atoms with Gasteiger partial charge in [-0.3, -0.25) is 0 Å². The van der Waals surface area contributed by atoms with E-state index in [9.17, 15) is 5.11 Å². The molecule has 0 aliphatic rings. The first-order valence-corrected chi connectivity index (χ1v) is 5.73. The predicted octanol–water partition coefficient (Wildman–Crippen LogP) is 3.18. The molecule has 0 saturated heterocycles. The first-order valence-electron chi connectivity index (χ1n) is 5.73. The lowest BCUT2D eigenvalue weighted by atomic mass is 10.1. The van der Waals surface area contributed by atoms with E-state index < -0.39 is 0 Å². The molecular weight excluding hydrogens is 224 g/mol. The third-order valence-electron chi connectivity index (χ3n) is 2.84. The fraction of sp³-hybridized carbons (Fsp3) is 0.133. The standard InChI is InChI=1S/C15H14N2O/c1-11-5-4-7-12(9-16)15(11)17-10-13-6-2-3-8-14(13)18/h2-8,17-18H,10H2,1H3. The van der Waals surface area contributed by atoms with Gasteiger partial charge in [0.05, 0.1) is 11.3 Å². The van der Waals surface area contributed by atoms with Crippen LogP contribution in [0.5, 0.6) is 5.75 Å². The molecular formula is C15H14N2O. The van der Waals surface area contributed by atoms with E-state index in [0.29, 0.717) is 12.1 Å². The van der Waals surface area contributed by atoms with Crippen LogP contribution < -0.4 is 5.32 Å². The minimum atomic E-state index is 0.261. The van der Waals surface area contributed by atoms with Crippen molar-refractivity contribution in [2.24, 2.45) is 0 Å². The number of phenolic OH excluding ortho intramolecular Hbond substituents is 1. The number of nitrogens with one attached hydrogen (secondary N) is 1. The van der Waals surface area contributed by atoms with Gasteiger partial charge in [0.25, 0.3) is 0 Å². The smallest absolute Gasteiger partial charge is 0.120 e. The van der Waals surface area contributed by atoms with Crippen LogP contribution >= 0.6 is 0 Å². The summed E-state index contributed by atoms with van der Waals surface area (Å²) in [4.78, 5) is 0. The van der Waals surface area contributed by atoms with Crippen molar-refractivity contribution in [2.75, 3.05) is 5.32 Å². The van der Waals surface area contributed by atoms with E-state index in [0.717, 1.165) is 16.8 Å². The molecule has 2 N–H and O–H groups in total. The van der Waals surface area contributed by atoms with Crippen molar-refractivity contribution in [1.29, 1.82) is 5.26 Å². The van der Waals surface area contributed by atoms with Crippen LogP contribution in [0.25, 0.3) is 0 Å². The number of aromatic hydroxyl groups is 1. The minimum absolute atomic E-state index is 0.261. The van der Waals surface area contributed by atoms with E-state index in [-0.39, 0.29) is 5.75 Å². The molecule has 0 bridgehead atoms. The molecule has 0 unspecified atom stereocenters. The highest BCUT2D eigenvalue weighted by molar-refractivity contribution is 5.62. The Morgan fingerprint density at radius 3 is 2.67 bits per heavy atom. The summed E-state index contributed by atoms with van der Waals surface area (Å²) in [5, 5.41) is 21.9. The maximum atomic E-state index is 9.68. The normalized spacial score (nSPS) is 9.78. The number of benzene rings is 2. The Kier molecular flexibility index (Phi) is 3.49. The molecule has 0 aliphatic heterocycles. The Hall–Kier alpha value is -2.47. The fourth-order valence-electron chi connectivity index (χ4n) is 1.84. The number of nitrogens with zero attached hydrogens (tertiary/aromatic N) is 1. The third kappa shape index (κ3) is 2.44. The molecule has 0 aliphatic carbocycles. The molecule has 2 aromatic carbocycles. The number of aryl methyl sites for hydroxylation is 1. The lowest BCUT2D eigenvalue weighted by molar-refractivity contribution is 0.469. The molecule has 0 spiro atoms. The Morgan fingerprint density at radius 1 is 1.17 bits per heavy atom. The van der Waals surface area contributed by atoms with Crippen molar-refractivity contribution >= 4 is 5.69 Å². The zero-order chi connectivity index (χ0) is 13.0. The second kappa shape index (κ2) is 5.24. The number of hydrogen-bond donors (Lipinski definition) is 2. The monoisotopic (exact) mass is 238 g/mol. The minimum Gasteiger partial charge on any atom is -0.508 e. The summed E-state index contributed by atoms with van der Waals surface area (Å²) in [6.07, 6.45) is 0. The molecule has 0 saturated carbocycles. The van der Waals surface area contributed by atoms with Crippen molar-refractivity contribution in [2.45, 2.75) is 13.5 Å². The first-order chi connectivity index (χ1) is 8.72. The summed E-state index contributed by atoms with van der Waals surface area (Å²) in [5.41, 5.74) is 3.27. The molecule has 0 aromatic heterocycles. The van der Waals surface area contributed by atoms with Crippen LogP contribution in [0.3, 0.4) is 0 Å². The number of rotatable bonds is 3. The number of para-hydroxylation sites is 2. The Bertz CT molecular complexity index is 600. The molecule has 0 amide bonds. The molecule has 0 heterocycles. The van der Waals surface area contributed by atoms with Gasteiger partial charge >= 0.3 is 0 Å². The molecule has 0 fully saturated rings. The van der Waals surface area contributed by atoms with E-state index in [1.807, 2.05) is 31.2 Å². The van der Waals surface area contributed by atoms with Crippen LogP contribution in [0.1, 0.15) is 16.7 Å². The Morgan fingerprint density at radius 2 is 1.94 bits per heavy atom. The summed E-state index contributed by atoms with van der Waals surface area (Å²) < 4.78 is 0. The zero-order valence-electron chi connectivity index (χ0n) is 10.1. The average Bonchev–Trinajstić information content (AvgIpc) is 2.39. The SMILES string of the molecule is Cc1cccc(C#N)c1NCc1ccccc1O. The number of hydrogen-bond acceptors (Lipinski definition) is 3. The van der Waals surface area contributed by atoms with Gasteiger partial charge in [0.15, 0.2) is 0 Å². The molecule has 0 atom stereocenters. The van der Waals surface area contributed by atoms with E-state index in [1.165, 1.54) is 0 Å². The van der Waals surface area contributed by atoms with E-state index >= 15 is 0 Å². The van der Waals surface area contributed by atoms with Crippen LogP contribution in [0.2, 0.25) is 0 Å². The topological polar surface area (TPSA) is 56.0 Å². The van der Waals surface area contributed by atoms with Crippen LogP contribution in [-0.4, -0.2) is 5.11 Å². The zero-order valence-corrected chi connectivity index (χ0v) is 10.1. The lowest BCUT2D eigenvalue weighted by Crippen LogP contribution is -2.03. The molecule has 0 radical (unpaired) electrons. The summed E-state index contributed by atoms with van der Waals surface area (Å²) in [7, 11) is 0. The highest BCUT2D eigenvalue weighted by atomic mass is 16.3. The van der Waals surface area contributed by atoms with Crippen LogP contribution in [-0.2, 0) is 6.54 Å². The van der Waals surface area contributed by atoms with Gasteiger partial charge in [-0.1, -0.05) is 30.3 Å². The maximum Gasteiger partial charge on any atom is 0.120 e. The summed E-state index contributed by atoms with van der Waals surface area (Å²) in [5.74, 6) is 0.261. The fourth-order valence-corrected chi connectivity index (χ4v) is 1.84. The highest BCUT2D eigenvalue weighted by Crippen LogP contribution is 2.22. The van der Waals surface area contributed by atoms with Crippen LogP contribution in [0.4, 0.5) is 5.69 Å². The number of anilines is 1. The van der Waals surface area contributed by atoms with Gasteiger partial charge in [0.1, 0.15) is 11.8 Å². The second-order valence-electron chi connectivity index (χ2n) is 4.09. The maximum absolute atomic E-state index is 9.68. The van der Waals surface area contributed by atoms with Crippen molar-refractivity contribution in [3.05, 3.63) is 59.2 Å². The lowest BCUT2D eigenvalue weighted by Gasteiger charge is -2.12. The van der Waals surface area contributed by atoms with Gasteiger partial charge < -0.3 is 10.4 Å². The van der Waals surface area contributed by atoms with Gasteiger partial charge in [0, 0.05) is 12.1 Å². The van der Waals surface area contributed by atoms with Crippen molar-refractivity contribution in [3.8, 4) is 11.8 Å². The average molecular weight is 238 g/mol. The molecule has 90 valence electrons. The van der Waals surface area contributed by atoms with E-state index in [1.54, 1.807) is 18.2 Å². The summed E-state index contributed by atoms with van der Waals surface area (Å²) in [6, 6.07) is 14.9. The van der Waals surface area contributed by atoms with Gasteiger partial charge in [-0.25, -0.2) is 0 Å². The van der Waals surface area contributed by atoms with Gasteiger partial charge in [-0.05, 0) is 24.6 Å². The number of nitriles is 1. The first kappa shape index (κ1) is 12.0. The molecule has 2 aromatic rings. The van der Waals surface area contributed by atoms with Gasteiger partial charge in [-0.15, -0.1) is 0 Å². The predicted molar refractivity (Wildman–Crippen MR) is 71.3 cm³/mol. The van der Waals surface area contributed by atoms with Crippen molar-refractivity contribution in [1.82, 2.24) is 0 Å². The van der Waals surface area contributed by atoms with Crippen molar-refractivity contribution < 1.29 is 5.11 Å². The Labute approximate surface area is 106 Å². The van der Waals surface area contributed by atoms with E-state index in [4.69, 9.17) is 5.26 Å². The molecule has 2 rings (SSSR count). The van der Waals surface area contributed by atoms with Crippen LogP contribution in [0, 0.1) is 18.3 Å². The second-order valence-corrected chi connectivity index (χ2v) is 4.09. The highest BCUT2D eigenvalue weighted by Gasteiger charge is 2.05. The largest absolute Gasteiger partial charge is 0.508 e. The van der Waals surface area contributed by atoms with Crippen LogP contribution in [0.15, 0.2) is 42.5 Å².